The van der Waals surface area contributed by atoms with Crippen LogP contribution in [0.25, 0.3) is 10.9 Å². The minimum Gasteiger partial charge on any atom is -0.369 e. The number of nitrogens with one attached hydrogen (secondary N) is 1. The zero-order valence-electron chi connectivity index (χ0n) is 14.1. The summed E-state index contributed by atoms with van der Waals surface area (Å²) in [6.07, 6.45) is 1.40. The molecule has 0 amide bonds. The molecule has 0 aliphatic carbocycles. The summed E-state index contributed by atoms with van der Waals surface area (Å²) >= 11 is 0. The highest BCUT2D eigenvalue weighted by Gasteiger charge is 2.15. The Morgan fingerprint density at radius 3 is 2.08 bits per heavy atom. The van der Waals surface area contributed by atoms with Crippen molar-refractivity contribution in [3.8, 4) is 0 Å². The predicted molar refractivity (Wildman–Crippen MR) is 103 cm³/mol. The van der Waals surface area contributed by atoms with E-state index < -0.39 is 0 Å². The van der Waals surface area contributed by atoms with E-state index in [0.29, 0.717) is 23.3 Å². The molecule has 0 saturated heterocycles. The van der Waals surface area contributed by atoms with E-state index in [1.54, 1.807) is 6.07 Å². The molecule has 0 bridgehead atoms. The molecule has 3 aromatic carbocycles. The second kappa shape index (κ2) is 7.31. The van der Waals surface area contributed by atoms with Crippen LogP contribution in [-0.4, -0.2) is 16.5 Å². The molecule has 3 nitrogen and oxygen atoms in total. The lowest BCUT2D eigenvalue weighted by Crippen LogP contribution is -2.15. The first kappa shape index (κ1) is 16.2. The molecular weight excluding hydrogens is 325 g/mol. The monoisotopic (exact) mass is 343 g/mol. The second-order valence-electron chi connectivity index (χ2n) is 6.11. The van der Waals surface area contributed by atoms with Gasteiger partial charge in [-0.3, -0.25) is 0 Å². The number of hydrogen-bond acceptors (Lipinski definition) is 3. The molecule has 26 heavy (non-hydrogen) atoms. The van der Waals surface area contributed by atoms with Gasteiger partial charge in [0.2, 0.25) is 0 Å². The van der Waals surface area contributed by atoms with Gasteiger partial charge in [-0.25, -0.2) is 14.4 Å². The van der Waals surface area contributed by atoms with Gasteiger partial charge in [0.05, 0.1) is 0 Å². The van der Waals surface area contributed by atoms with Crippen LogP contribution in [0.5, 0.6) is 0 Å². The lowest BCUT2D eigenvalue weighted by atomic mass is 9.91. The van der Waals surface area contributed by atoms with E-state index in [2.05, 4.69) is 39.6 Å². The standard InChI is InChI=1S/C22H18FN3/c23-20-13-7-12-18-21(20)25-15-26-22(18)24-14-19(16-8-3-1-4-9-16)17-10-5-2-6-11-17/h1-13,15,19H,14H2,(H,24,25,26). The molecular formula is C22H18FN3. The van der Waals surface area contributed by atoms with Gasteiger partial charge >= 0.3 is 0 Å². The SMILES string of the molecule is Fc1cccc2c(NCC(c3ccccc3)c3ccccc3)ncnc12. The summed E-state index contributed by atoms with van der Waals surface area (Å²) in [5, 5.41) is 4.08. The van der Waals surface area contributed by atoms with E-state index >= 15 is 0 Å². The van der Waals surface area contributed by atoms with Gasteiger partial charge in [0.25, 0.3) is 0 Å². The number of hydrogen-bond donors (Lipinski definition) is 1. The minimum absolute atomic E-state index is 0.163. The quantitative estimate of drug-likeness (QED) is 0.553. The van der Waals surface area contributed by atoms with E-state index in [0.717, 1.165) is 0 Å². The Labute approximate surface area is 151 Å². The van der Waals surface area contributed by atoms with E-state index in [1.165, 1.54) is 23.5 Å². The molecule has 0 unspecified atom stereocenters. The molecule has 128 valence electrons. The average molecular weight is 343 g/mol. The van der Waals surface area contributed by atoms with Crippen LogP contribution < -0.4 is 5.32 Å². The zero-order chi connectivity index (χ0) is 17.8. The summed E-state index contributed by atoms with van der Waals surface area (Å²) in [6, 6.07) is 25.6. The minimum atomic E-state index is -0.337. The summed E-state index contributed by atoms with van der Waals surface area (Å²) in [7, 11) is 0. The lowest BCUT2D eigenvalue weighted by Gasteiger charge is -2.19. The smallest absolute Gasteiger partial charge is 0.149 e. The van der Waals surface area contributed by atoms with Crippen LogP contribution in [0.4, 0.5) is 10.2 Å². The van der Waals surface area contributed by atoms with E-state index in [1.807, 2.05) is 42.5 Å². The van der Waals surface area contributed by atoms with Gasteiger partial charge < -0.3 is 5.32 Å². The lowest BCUT2D eigenvalue weighted by molar-refractivity contribution is 0.636. The topological polar surface area (TPSA) is 37.8 Å². The molecule has 0 aliphatic rings. The molecule has 0 radical (unpaired) electrons. The summed E-state index contributed by atoms with van der Waals surface area (Å²) in [4.78, 5) is 8.38. The fourth-order valence-corrected chi connectivity index (χ4v) is 3.19. The van der Waals surface area contributed by atoms with Crippen molar-refractivity contribution in [1.82, 2.24) is 9.97 Å². The maximum Gasteiger partial charge on any atom is 0.149 e. The van der Waals surface area contributed by atoms with Gasteiger partial charge in [-0.2, -0.15) is 0 Å². The fourth-order valence-electron chi connectivity index (χ4n) is 3.19. The maximum absolute atomic E-state index is 14.0. The molecule has 0 spiro atoms. The highest BCUT2D eigenvalue weighted by molar-refractivity contribution is 5.89. The van der Waals surface area contributed by atoms with E-state index in [4.69, 9.17) is 0 Å². The Balaban J connectivity index is 1.67. The van der Waals surface area contributed by atoms with Crippen LogP contribution in [0.1, 0.15) is 17.0 Å². The van der Waals surface area contributed by atoms with Crippen molar-refractivity contribution in [2.75, 3.05) is 11.9 Å². The van der Waals surface area contributed by atoms with Crippen molar-refractivity contribution in [3.05, 3.63) is 102 Å². The van der Waals surface area contributed by atoms with E-state index in [-0.39, 0.29) is 11.7 Å². The number of para-hydroxylation sites is 1. The van der Waals surface area contributed by atoms with Crippen molar-refractivity contribution >= 4 is 16.7 Å². The Bertz CT molecular complexity index is 964. The summed E-state index contributed by atoms with van der Waals surface area (Å²) in [6.45, 7) is 0.649. The third-order valence-electron chi connectivity index (χ3n) is 4.49. The van der Waals surface area contributed by atoms with Crippen LogP contribution >= 0.6 is 0 Å². The first-order chi connectivity index (χ1) is 12.8. The van der Waals surface area contributed by atoms with E-state index in [9.17, 15) is 4.39 Å². The number of rotatable bonds is 5. The molecule has 0 aliphatic heterocycles. The number of anilines is 1. The molecule has 4 rings (SSSR count). The van der Waals surface area contributed by atoms with Crippen molar-refractivity contribution in [1.29, 1.82) is 0 Å². The van der Waals surface area contributed by atoms with Gasteiger partial charge in [0.15, 0.2) is 0 Å². The largest absolute Gasteiger partial charge is 0.369 e. The number of halogens is 1. The Kier molecular flexibility index (Phi) is 4.56. The molecule has 4 heteroatoms. The fraction of sp³-hybridized carbons (Fsp3) is 0.0909. The van der Waals surface area contributed by atoms with Gasteiger partial charge in [-0.1, -0.05) is 66.7 Å². The molecule has 0 atom stereocenters. The highest BCUT2D eigenvalue weighted by atomic mass is 19.1. The molecule has 4 aromatic rings. The normalized spacial score (nSPS) is 11.0. The Hall–Kier alpha value is -3.27. The summed E-state index contributed by atoms with van der Waals surface area (Å²) in [5.74, 6) is 0.470. The molecule has 1 heterocycles. The molecule has 1 N–H and O–H groups in total. The van der Waals surface area contributed by atoms with Gasteiger partial charge in [0.1, 0.15) is 23.5 Å². The van der Waals surface area contributed by atoms with Crippen molar-refractivity contribution in [2.45, 2.75) is 5.92 Å². The maximum atomic E-state index is 14.0. The van der Waals surface area contributed by atoms with Gasteiger partial charge in [-0.05, 0) is 23.3 Å². The third-order valence-corrected chi connectivity index (χ3v) is 4.49. The van der Waals surface area contributed by atoms with Crippen LogP contribution in [-0.2, 0) is 0 Å². The molecule has 0 fully saturated rings. The van der Waals surface area contributed by atoms with Crippen molar-refractivity contribution in [3.63, 3.8) is 0 Å². The molecule has 0 saturated carbocycles. The van der Waals surface area contributed by atoms with Crippen molar-refractivity contribution in [2.24, 2.45) is 0 Å². The highest BCUT2D eigenvalue weighted by Crippen LogP contribution is 2.27. The van der Waals surface area contributed by atoms with Crippen LogP contribution in [0.3, 0.4) is 0 Å². The molecule has 1 aromatic heterocycles. The first-order valence-corrected chi connectivity index (χ1v) is 8.56. The Morgan fingerprint density at radius 1 is 0.769 bits per heavy atom. The Morgan fingerprint density at radius 2 is 1.42 bits per heavy atom. The average Bonchev–Trinajstić information content (AvgIpc) is 2.70. The first-order valence-electron chi connectivity index (χ1n) is 8.56. The van der Waals surface area contributed by atoms with Crippen molar-refractivity contribution < 1.29 is 4.39 Å². The van der Waals surface area contributed by atoms with Crippen LogP contribution in [0, 0.1) is 5.82 Å². The number of fused-ring (bicyclic) bond motifs is 1. The predicted octanol–water partition coefficient (Wildman–Crippen LogP) is 5.01. The third kappa shape index (κ3) is 3.26. The van der Waals surface area contributed by atoms with Gasteiger partial charge in [-0.15, -0.1) is 0 Å². The summed E-state index contributed by atoms with van der Waals surface area (Å²) in [5.41, 5.74) is 2.77. The van der Waals surface area contributed by atoms with Gasteiger partial charge in [0, 0.05) is 17.8 Å². The zero-order valence-corrected chi connectivity index (χ0v) is 14.1. The number of benzene rings is 3. The number of aromatic nitrogens is 2. The summed E-state index contributed by atoms with van der Waals surface area (Å²) < 4.78 is 14.0. The van der Waals surface area contributed by atoms with Crippen LogP contribution in [0.2, 0.25) is 0 Å². The second-order valence-corrected chi connectivity index (χ2v) is 6.11. The number of nitrogens with zero attached hydrogens (tertiary/aromatic N) is 2. The van der Waals surface area contributed by atoms with Crippen LogP contribution in [0.15, 0.2) is 85.2 Å².